The number of nitrogens with zero attached hydrogens (tertiary/aromatic N) is 1. The molecule has 0 radical (unpaired) electrons. The van der Waals surface area contributed by atoms with Gasteiger partial charge in [-0.25, -0.2) is 0 Å². The van der Waals surface area contributed by atoms with Gasteiger partial charge in [-0.15, -0.1) is 0 Å². The molecule has 2 rings (SSSR count). The Morgan fingerprint density at radius 3 is 2.44 bits per heavy atom. The topological polar surface area (TPSA) is 45.4 Å². The zero-order valence-electron chi connectivity index (χ0n) is 9.81. The Morgan fingerprint density at radius 1 is 1.19 bits per heavy atom. The van der Waals surface area contributed by atoms with Gasteiger partial charge in [0.25, 0.3) is 0 Å². The summed E-state index contributed by atoms with van der Waals surface area (Å²) in [6.45, 7) is 5.82. The molecule has 0 aliphatic rings. The normalized spacial score (nSPS) is 13.6. The lowest BCUT2D eigenvalue weighted by molar-refractivity contribution is 0.188. The van der Waals surface area contributed by atoms with E-state index < -0.39 is 6.10 Å². The highest BCUT2D eigenvalue weighted by Crippen LogP contribution is 2.33. The standard InChI is InChI=1S/C13H17NO2/c1-8(2)14-11(9(3)15)7-10-5-4-6-12(16)13(10)14/h4-9,15-16H,1-3H3. The first-order valence-corrected chi connectivity index (χ1v) is 5.53. The molecule has 1 unspecified atom stereocenters. The third kappa shape index (κ3) is 1.57. The summed E-state index contributed by atoms with van der Waals surface area (Å²) >= 11 is 0. The van der Waals surface area contributed by atoms with Crippen LogP contribution < -0.4 is 0 Å². The number of fused-ring (bicyclic) bond motifs is 1. The molecule has 0 saturated carbocycles. The van der Waals surface area contributed by atoms with Gasteiger partial charge in [0.1, 0.15) is 5.75 Å². The van der Waals surface area contributed by atoms with Crippen LogP contribution >= 0.6 is 0 Å². The Hall–Kier alpha value is -1.48. The van der Waals surface area contributed by atoms with Gasteiger partial charge in [-0.3, -0.25) is 0 Å². The Kier molecular flexibility index (Phi) is 2.64. The van der Waals surface area contributed by atoms with Crippen LogP contribution in [0.2, 0.25) is 0 Å². The number of benzene rings is 1. The number of aliphatic hydroxyl groups is 1. The van der Waals surface area contributed by atoms with Crippen LogP contribution in [0.25, 0.3) is 10.9 Å². The number of phenols is 1. The Labute approximate surface area is 94.9 Å². The third-order valence-corrected chi connectivity index (χ3v) is 2.81. The van der Waals surface area contributed by atoms with E-state index in [0.29, 0.717) is 0 Å². The van der Waals surface area contributed by atoms with Gasteiger partial charge in [0.15, 0.2) is 0 Å². The molecule has 3 nitrogen and oxygen atoms in total. The SMILES string of the molecule is CC(O)c1cc2cccc(O)c2n1C(C)C. The van der Waals surface area contributed by atoms with E-state index in [1.165, 1.54) is 0 Å². The molecular weight excluding hydrogens is 202 g/mol. The second kappa shape index (κ2) is 3.83. The van der Waals surface area contributed by atoms with Crippen molar-refractivity contribution in [3.8, 4) is 5.75 Å². The van der Waals surface area contributed by atoms with Crippen molar-refractivity contribution in [3.63, 3.8) is 0 Å². The fraction of sp³-hybridized carbons (Fsp3) is 0.385. The summed E-state index contributed by atoms with van der Waals surface area (Å²) in [6.07, 6.45) is -0.533. The monoisotopic (exact) mass is 219 g/mol. The molecule has 0 aliphatic carbocycles. The van der Waals surface area contributed by atoms with Crippen molar-refractivity contribution >= 4 is 10.9 Å². The quantitative estimate of drug-likeness (QED) is 0.815. The summed E-state index contributed by atoms with van der Waals surface area (Å²) in [5, 5.41) is 20.6. The average molecular weight is 219 g/mol. The highest BCUT2D eigenvalue weighted by molar-refractivity contribution is 5.87. The number of hydrogen-bond acceptors (Lipinski definition) is 2. The van der Waals surface area contributed by atoms with Crippen LogP contribution in [0.4, 0.5) is 0 Å². The van der Waals surface area contributed by atoms with Crippen LogP contribution in [0.3, 0.4) is 0 Å². The fourth-order valence-electron chi connectivity index (χ4n) is 2.16. The van der Waals surface area contributed by atoms with E-state index in [1.807, 2.05) is 36.6 Å². The summed E-state index contributed by atoms with van der Waals surface area (Å²) in [7, 11) is 0. The lowest BCUT2D eigenvalue weighted by atomic mass is 10.2. The molecule has 3 heteroatoms. The summed E-state index contributed by atoms with van der Waals surface area (Å²) in [4.78, 5) is 0. The van der Waals surface area contributed by atoms with E-state index in [2.05, 4.69) is 0 Å². The maximum Gasteiger partial charge on any atom is 0.139 e. The minimum Gasteiger partial charge on any atom is -0.506 e. The number of rotatable bonds is 2. The Balaban J connectivity index is 2.83. The third-order valence-electron chi connectivity index (χ3n) is 2.81. The van der Waals surface area contributed by atoms with Crippen LogP contribution in [0.1, 0.15) is 38.6 Å². The van der Waals surface area contributed by atoms with Crippen LogP contribution in [0.5, 0.6) is 5.75 Å². The molecule has 1 aromatic heterocycles. The zero-order valence-corrected chi connectivity index (χ0v) is 9.81. The Bertz CT molecular complexity index is 512. The number of aliphatic hydroxyl groups excluding tert-OH is 1. The maximum atomic E-state index is 9.89. The van der Waals surface area contributed by atoms with Crippen molar-refractivity contribution in [2.45, 2.75) is 32.9 Å². The number of aromatic nitrogens is 1. The van der Waals surface area contributed by atoms with E-state index in [1.54, 1.807) is 13.0 Å². The van der Waals surface area contributed by atoms with Gasteiger partial charge >= 0.3 is 0 Å². The molecule has 2 aromatic rings. The van der Waals surface area contributed by atoms with Crippen molar-refractivity contribution in [3.05, 3.63) is 30.0 Å². The molecule has 0 amide bonds. The average Bonchev–Trinajstić information content (AvgIpc) is 2.58. The highest BCUT2D eigenvalue weighted by atomic mass is 16.3. The Morgan fingerprint density at radius 2 is 1.88 bits per heavy atom. The predicted octanol–water partition coefficient (Wildman–Crippen LogP) is 2.98. The van der Waals surface area contributed by atoms with E-state index >= 15 is 0 Å². The van der Waals surface area contributed by atoms with Crippen LogP contribution in [0, 0.1) is 0 Å². The second-order valence-corrected chi connectivity index (χ2v) is 4.42. The number of phenolic OH excluding ortho intramolecular Hbond substituents is 1. The molecule has 0 saturated heterocycles. The molecule has 1 atom stereocenters. The fourth-order valence-corrected chi connectivity index (χ4v) is 2.16. The lowest BCUT2D eigenvalue weighted by Gasteiger charge is -2.16. The molecule has 0 aliphatic heterocycles. The molecule has 1 heterocycles. The molecule has 0 bridgehead atoms. The van der Waals surface area contributed by atoms with Gasteiger partial charge in [0, 0.05) is 17.1 Å². The largest absolute Gasteiger partial charge is 0.506 e. The summed E-state index contributed by atoms with van der Waals surface area (Å²) in [5.74, 6) is 0.262. The zero-order chi connectivity index (χ0) is 11.9. The molecule has 16 heavy (non-hydrogen) atoms. The van der Waals surface area contributed by atoms with E-state index in [9.17, 15) is 10.2 Å². The smallest absolute Gasteiger partial charge is 0.139 e. The minimum atomic E-state index is -0.533. The first-order chi connectivity index (χ1) is 7.52. The van der Waals surface area contributed by atoms with Crippen molar-refractivity contribution in [1.82, 2.24) is 4.57 Å². The first-order valence-electron chi connectivity index (χ1n) is 5.53. The molecular formula is C13H17NO2. The lowest BCUT2D eigenvalue weighted by Crippen LogP contribution is -2.07. The predicted molar refractivity (Wildman–Crippen MR) is 64.6 cm³/mol. The highest BCUT2D eigenvalue weighted by Gasteiger charge is 2.16. The number of para-hydroxylation sites is 1. The van der Waals surface area contributed by atoms with Gasteiger partial charge in [-0.1, -0.05) is 12.1 Å². The van der Waals surface area contributed by atoms with Crippen molar-refractivity contribution < 1.29 is 10.2 Å². The van der Waals surface area contributed by atoms with Gasteiger partial charge in [0.2, 0.25) is 0 Å². The van der Waals surface area contributed by atoms with Crippen molar-refractivity contribution in [2.75, 3.05) is 0 Å². The molecule has 86 valence electrons. The summed E-state index contributed by atoms with van der Waals surface area (Å²) in [6, 6.07) is 7.57. The summed E-state index contributed by atoms with van der Waals surface area (Å²) < 4.78 is 1.98. The minimum absolute atomic E-state index is 0.204. The van der Waals surface area contributed by atoms with Gasteiger partial charge < -0.3 is 14.8 Å². The van der Waals surface area contributed by atoms with E-state index in [4.69, 9.17) is 0 Å². The van der Waals surface area contributed by atoms with Crippen LogP contribution in [-0.2, 0) is 0 Å². The number of aromatic hydroxyl groups is 1. The van der Waals surface area contributed by atoms with Crippen molar-refractivity contribution in [1.29, 1.82) is 0 Å². The van der Waals surface area contributed by atoms with Gasteiger partial charge in [-0.05, 0) is 32.9 Å². The maximum absolute atomic E-state index is 9.89. The van der Waals surface area contributed by atoms with Crippen molar-refractivity contribution in [2.24, 2.45) is 0 Å². The number of hydrogen-bond donors (Lipinski definition) is 2. The molecule has 0 spiro atoms. The van der Waals surface area contributed by atoms with Crippen LogP contribution in [0.15, 0.2) is 24.3 Å². The van der Waals surface area contributed by atoms with Gasteiger partial charge in [0.05, 0.1) is 11.6 Å². The van der Waals surface area contributed by atoms with Gasteiger partial charge in [-0.2, -0.15) is 0 Å². The van der Waals surface area contributed by atoms with E-state index in [0.717, 1.165) is 16.6 Å². The van der Waals surface area contributed by atoms with Crippen LogP contribution in [-0.4, -0.2) is 14.8 Å². The summed E-state index contributed by atoms with van der Waals surface area (Å²) in [5.41, 5.74) is 1.64. The second-order valence-electron chi connectivity index (χ2n) is 4.42. The molecule has 1 aromatic carbocycles. The first kappa shape index (κ1) is 11.0. The molecule has 2 N–H and O–H groups in total. The molecule has 0 fully saturated rings. The van der Waals surface area contributed by atoms with E-state index in [-0.39, 0.29) is 11.8 Å².